The number of amides is 1. The third kappa shape index (κ3) is 5.73. The van der Waals surface area contributed by atoms with E-state index in [2.05, 4.69) is 27.2 Å². The maximum absolute atomic E-state index is 12.3. The van der Waals surface area contributed by atoms with E-state index in [0.29, 0.717) is 36.4 Å². The highest BCUT2D eigenvalue weighted by molar-refractivity contribution is 6.30. The molecule has 1 amide bonds. The van der Waals surface area contributed by atoms with Crippen LogP contribution in [-0.4, -0.2) is 65.2 Å². The molecular formula is C24H27ClN4O3. The first-order valence-electron chi connectivity index (χ1n) is 10.9. The molecule has 1 aliphatic rings. The number of hydrogen-bond donors (Lipinski definition) is 0. The van der Waals surface area contributed by atoms with Gasteiger partial charge in [0.25, 0.3) is 5.89 Å². The van der Waals surface area contributed by atoms with Gasteiger partial charge in [-0.05, 0) is 36.8 Å². The van der Waals surface area contributed by atoms with E-state index in [-0.39, 0.29) is 5.91 Å². The van der Waals surface area contributed by atoms with Gasteiger partial charge in [0.05, 0.1) is 13.0 Å². The van der Waals surface area contributed by atoms with Crippen molar-refractivity contribution >= 4 is 17.5 Å². The summed E-state index contributed by atoms with van der Waals surface area (Å²) in [4.78, 5) is 21.1. The van der Waals surface area contributed by atoms with Crippen molar-refractivity contribution in [2.75, 3.05) is 39.4 Å². The van der Waals surface area contributed by atoms with Crippen molar-refractivity contribution in [2.24, 2.45) is 0 Å². The summed E-state index contributed by atoms with van der Waals surface area (Å²) in [7, 11) is 0. The lowest BCUT2D eigenvalue weighted by Gasteiger charge is -2.34. The topological polar surface area (TPSA) is 71.7 Å². The van der Waals surface area contributed by atoms with E-state index in [0.717, 1.165) is 43.9 Å². The van der Waals surface area contributed by atoms with Gasteiger partial charge in [-0.2, -0.15) is 4.98 Å². The fraction of sp³-hybridized carbons (Fsp3) is 0.375. The molecule has 1 aromatic heterocycles. The fourth-order valence-corrected chi connectivity index (χ4v) is 3.95. The van der Waals surface area contributed by atoms with E-state index in [4.69, 9.17) is 20.9 Å². The van der Waals surface area contributed by atoms with Gasteiger partial charge in [0.1, 0.15) is 0 Å². The maximum Gasteiger partial charge on any atom is 0.258 e. The molecule has 1 aliphatic heterocycles. The van der Waals surface area contributed by atoms with Crippen molar-refractivity contribution in [3.05, 3.63) is 59.1 Å². The van der Waals surface area contributed by atoms with Gasteiger partial charge < -0.3 is 14.2 Å². The molecule has 2 heterocycles. The van der Waals surface area contributed by atoms with Crippen LogP contribution < -0.4 is 0 Å². The van der Waals surface area contributed by atoms with Crippen molar-refractivity contribution in [3.63, 3.8) is 0 Å². The van der Waals surface area contributed by atoms with E-state index >= 15 is 0 Å². The fourth-order valence-electron chi connectivity index (χ4n) is 3.76. The van der Waals surface area contributed by atoms with E-state index in [1.807, 2.05) is 42.2 Å². The Morgan fingerprint density at radius 2 is 1.88 bits per heavy atom. The number of nitrogens with zero attached hydrogens (tertiary/aromatic N) is 4. The van der Waals surface area contributed by atoms with Crippen LogP contribution in [0.5, 0.6) is 0 Å². The lowest BCUT2D eigenvalue weighted by molar-refractivity contribution is -0.134. The van der Waals surface area contributed by atoms with Gasteiger partial charge in [-0.25, -0.2) is 0 Å². The number of hydrogen-bond acceptors (Lipinski definition) is 6. The molecule has 0 spiro atoms. The van der Waals surface area contributed by atoms with E-state index in [9.17, 15) is 4.79 Å². The number of carbonyl (C=O) groups is 1. The molecular weight excluding hydrogens is 428 g/mol. The molecule has 1 fully saturated rings. The Kier molecular flexibility index (Phi) is 7.52. The Labute approximate surface area is 192 Å². The molecule has 4 rings (SSSR count). The first-order chi connectivity index (χ1) is 15.6. The summed E-state index contributed by atoms with van der Waals surface area (Å²) < 4.78 is 10.7. The largest absolute Gasteiger partial charge is 0.381 e. The molecule has 168 valence electrons. The van der Waals surface area contributed by atoms with Gasteiger partial charge in [-0.3, -0.25) is 9.69 Å². The number of piperazine rings is 1. The van der Waals surface area contributed by atoms with Crippen LogP contribution in [0.1, 0.15) is 18.9 Å². The van der Waals surface area contributed by atoms with Crippen LogP contribution in [-0.2, 0) is 16.1 Å². The predicted molar refractivity (Wildman–Crippen MR) is 123 cm³/mol. The highest BCUT2D eigenvalue weighted by Crippen LogP contribution is 2.25. The number of aromatic nitrogens is 2. The SMILES string of the molecule is CCOCCC(=O)N1CCN(Cc2cccc(-c3noc(-c4cccc(Cl)c4)n3)c2)CC1. The van der Waals surface area contributed by atoms with Crippen LogP contribution in [0.25, 0.3) is 22.8 Å². The second-order valence-electron chi connectivity index (χ2n) is 7.74. The minimum atomic E-state index is 0.174. The van der Waals surface area contributed by atoms with Crippen molar-refractivity contribution in [2.45, 2.75) is 19.9 Å². The first-order valence-corrected chi connectivity index (χ1v) is 11.3. The molecule has 8 heteroatoms. The Hall–Kier alpha value is -2.74. The molecule has 0 aliphatic carbocycles. The monoisotopic (exact) mass is 454 g/mol. The lowest BCUT2D eigenvalue weighted by atomic mass is 10.1. The second-order valence-corrected chi connectivity index (χ2v) is 8.17. The minimum Gasteiger partial charge on any atom is -0.381 e. The van der Waals surface area contributed by atoms with Gasteiger partial charge in [0.15, 0.2) is 0 Å². The molecule has 0 unspecified atom stereocenters. The van der Waals surface area contributed by atoms with E-state index < -0.39 is 0 Å². The van der Waals surface area contributed by atoms with Crippen molar-refractivity contribution < 1.29 is 14.1 Å². The molecule has 0 atom stereocenters. The summed E-state index contributed by atoms with van der Waals surface area (Å²) in [5.74, 6) is 1.16. The van der Waals surface area contributed by atoms with Gasteiger partial charge in [-0.1, -0.05) is 41.0 Å². The summed E-state index contributed by atoms with van der Waals surface area (Å²) in [6.07, 6.45) is 0.456. The Morgan fingerprint density at radius 3 is 2.66 bits per heavy atom. The zero-order valence-electron chi connectivity index (χ0n) is 18.2. The molecule has 7 nitrogen and oxygen atoms in total. The number of ether oxygens (including phenoxy) is 1. The number of halogens is 1. The summed E-state index contributed by atoms with van der Waals surface area (Å²) in [5, 5.41) is 4.77. The third-order valence-electron chi connectivity index (χ3n) is 5.48. The number of rotatable bonds is 8. The summed E-state index contributed by atoms with van der Waals surface area (Å²) in [5.41, 5.74) is 2.87. The van der Waals surface area contributed by atoms with Gasteiger partial charge in [-0.15, -0.1) is 0 Å². The first kappa shape index (κ1) is 22.5. The Morgan fingerprint density at radius 1 is 1.09 bits per heavy atom. The normalized spacial score (nSPS) is 14.6. The summed E-state index contributed by atoms with van der Waals surface area (Å²) in [6.45, 7) is 7.10. The molecule has 1 saturated heterocycles. The highest BCUT2D eigenvalue weighted by atomic mass is 35.5. The quantitative estimate of drug-likeness (QED) is 0.476. The predicted octanol–water partition coefficient (Wildman–Crippen LogP) is 4.13. The van der Waals surface area contributed by atoms with Crippen LogP contribution in [0.4, 0.5) is 0 Å². The van der Waals surface area contributed by atoms with Crippen LogP contribution in [0.3, 0.4) is 0 Å². The zero-order valence-corrected chi connectivity index (χ0v) is 18.9. The van der Waals surface area contributed by atoms with Gasteiger partial charge in [0, 0.05) is 55.5 Å². The molecule has 2 aromatic carbocycles. The Balaban J connectivity index is 1.35. The second kappa shape index (κ2) is 10.7. The van der Waals surface area contributed by atoms with Crippen LogP contribution in [0.15, 0.2) is 53.1 Å². The highest BCUT2D eigenvalue weighted by Gasteiger charge is 2.21. The van der Waals surface area contributed by atoms with Crippen LogP contribution in [0.2, 0.25) is 5.02 Å². The average molecular weight is 455 g/mol. The van der Waals surface area contributed by atoms with Gasteiger partial charge >= 0.3 is 0 Å². The smallest absolute Gasteiger partial charge is 0.258 e. The van der Waals surface area contributed by atoms with Crippen LogP contribution in [0, 0.1) is 0 Å². The van der Waals surface area contributed by atoms with Crippen molar-refractivity contribution in [1.82, 2.24) is 19.9 Å². The summed E-state index contributed by atoms with van der Waals surface area (Å²) >= 11 is 6.06. The number of carbonyl (C=O) groups excluding carboxylic acids is 1. The minimum absolute atomic E-state index is 0.174. The lowest BCUT2D eigenvalue weighted by Crippen LogP contribution is -2.48. The molecule has 0 bridgehead atoms. The molecule has 0 radical (unpaired) electrons. The standard InChI is InChI=1S/C24H27ClN4O3/c1-2-31-14-9-22(30)29-12-10-28(11-13-29)17-18-5-3-6-19(15-18)23-26-24(32-27-23)20-7-4-8-21(25)16-20/h3-8,15-16H,2,9-14,17H2,1H3. The van der Waals surface area contributed by atoms with Crippen molar-refractivity contribution in [3.8, 4) is 22.8 Å². The molecule has 0 saturated carbocycles. The van der Waals surface area contributed by atoms with E-state index in [1.165, 1.54) is 5.56 Å². The van der Waals surface area contributed by atoms with Crippen molar-refractivity contribution in [1.29, 1.82) is 0 Å². The zero-order chi connectivity index (χ0) is 22.3. The molecule has 0 N–H and O–H groups in total. The van der Waals surface area contributed by atoms with Crippen LogP contribution >= 0.6 is 11.6 Å². The maximum atomic E-state index is 12.3. The third-order valence-corrected chi connectivity index (χ3v) is 5.71. The average Bonchev–Trinajstić information content (AvgIpc) is 3.30. The van der Waals surface area contributed by atoms with E-state index in [1.54, 1.807) is 6.07 Å². The van der Waals surface area contributed by atoms with Gasteiger partial charge in [0.2, 0.25) is 11.7 Å². The molecule has 32 heavy (non-hydrogen) atoms. The summed E-state index contributed by atoms with van der Waals surface area (Å²) in [6, 6.07) is 15.5. The molecule has 3 aromatic rings. The number of benzene rings is 2. The Bertz CT molecular complexity index is 1050.